The van der Waals surface area contributed by atoms with Crippen LogP contribution in [-0.4, -0.2) is 36.9 Å². The molecule has 0 amide bonds. The second-order valence-corrected chi connectivity index (χ2v) is 7.06. The van der Waals surface area contributed by atoms with E-state index in [1.165, 1.54) is 23.4 Å². The zero-order valence-electron chi connectivity index (χ0n) is 15.7. The minimum absolute atomic E-state index is 0.252. The third kappa shape index (κ3) is 3.82. The lowest BCUT2D eigenvalue weighted by molar-refractivity contribution is -0.142. The lowest BCUT2D eigenvalue weighted by Crippen LogP contribution is -2.38. The standard InChI is InChI=1S/C17H24N4O4S/c1-6-9-11-18-13-12(15(22)21(5)17(24)20(13)4)14(19-11)26-10(7-2)16(23)25-8-3/h10H,6-9H2,1-5H3/t10-/m0/s1. The summed E-state index contributed by atoms with van der Waals surface area (Å²) in [5, 5.41) is 0.182. The van der Waals surface area contributed by atoms with Crippen molar-refractivity contribution in [1.82, 2.24) is 19.1 Å². The number of carbonyl (C=O) groups is 1. The van der Waals surface area contributed by atoms with E-state index in [0.29, 0.717) is 23.7 Å². The predicted octanol–water partition coefficient (Wildman–Crippen LogP) is 1.41. The Morgan fingerprint density at radius 1 is 1.15 bits per heavy atom. The molecule has 0 radical (unpaired) electrons. The van der Waals surface area contributed by atoms with E-state index in [4.69, 9.17) is 4.74 Å². The molecule has 1 atom stereocenters. The number of aryl methyl sites for hydroxylation is 2. The Morgan fingerprint density at radius 3 is 2.42 bits per heavy atom. The number of hydrogen-bond acceptors (Lipinski definition) is 7. The van der Waals surface area contributed by atoms with E-state index in [1.54, 1.807) is 14.0 Å². The van der Waals surface area contributed by atoms with Gasteiger partial charge >= 0.3 is 11.7 Å². The lowest BCUT2D eigenvalue weighted by Gasteiger charge is -2.15. The Bertz CT molecular complexity index is 935. The minimum Gasteiger partial charge on any atom is -0.465 e. The molecule has 2 rings (SSSR count). The van der Waals surface area contributed by atoms with Crippen molar-refractivity contribution < 1.29 is 9.53 Å². The second-order valence-electron chi connectivity index (χ2n) is 5.87. The predicted molar refractivity (Wildman–Crippen MR) is 101 cm³/mol. The zero-order chi connectivity index (χ0) is 19.4. The molecule has 8 nitrogen and oxygen atoms in total. The monoisotopic (exact) mass is 380 g/mol. The Kier molecular flexibility index (Phi) is 6.57. The summed E-state index contributed by atoms with van der Waals surface area (Å²) in [6.45, 7) is 5.91. The molecule has 26 heavy (non-hydrogen) atoms. The fourth-order valence-corrected chi connectivity index (χ4v) is 3.62. The molecule has 0 aromatic carbocycles. The van der Waals surface area contributed by atoms with Crippen molar-refractivity contribution in [3.8, 4) is 0 Å². The summed E-state index contributed by atoms with van der Waals surface area (Å²) in [5.74, 6) is 0.204. The van der Waals surface area contributed by atoms with Crippen LogP contribution in [-0.2, 0) is 30.0 Å². The fraction of sp³-hybridized carbons (Fsp3) is 0.588. The van der Waals surface area contributed by atoms with E-state index >= 15 is 0 Å². The van der Waals surface area contributed by atoms with E-state index in [2.05, 4.69) is 9.97 Å². The van der Waals surface area contributed by atoms with Crippen LogP contribution in [0.2, 0.25) is 0 Å². The summed E-state index contributed by atoms with van der Waals surface area (Å²) in [5.41, 5.74) is -0.623. The van der Waals surface area contributed by atoms with Gasteiger partial charge in [0.15, 0.2) is 5.65 Å². The summed E-state index contributed by atoms with van der Waals surface area (Å²) in [6, 6.07) is 0. The third-order valence-corrected chi connectivity index (χ3v) is 5.29. The van der Waals surface area contributed by atoms with Crippen LogP contribution in [0.5, 0.6) is 0 Å². The van der Waals surface area contributed by atoms with Crippen molar-refractivity contribution in [2.45, 2.75) is 50.3 Å². The van der Waals surface area contributed by atoms with Crippen molar-refractivity contribution in [2.24, 2.45) is 14.1 Å². The number of aromatic nitrogens is 4. The van der Waals surface area contributed by atoms with Crippen LogP contribution < -0.4 is 11.2 Å². The van der Waals surface area contributed by atoms with Crippen molar-refractivity contribution in [3.05, 3.63) is 26.7 Å². The van der Waals surface area contributed by atoms with Gasteiger partial charge in [-0.1, -0.05) is 25.6 Å². The van der Waals surface area contributed by atoms with Gasteiger partial charge in [0.05, 0.1) is 6.61 Å². The summed E-state index contributed by atoms with van der Waals surface area (Å²) in [7, 11) is 2.99. The average molecular weight is 380 g/mol. The quantitative estimate of drug-likeness (QED) is 0.407. The topological polar surface area (TPSA) is 96.1 Å². The smallest absolute Gasteiger partial charge is 0.332 e. The minimum atomic E-state index is -0.482. The van der Waals surface area contributed by atoms with Crippen LogP contribution in [0, 0.1) is 0 Å². The zero-order valence-corrected chi connectivity index (χ0v) is 16.6. The maximum atomic E-state index is 12.7. The fourth-order valence-electron chi connectivity index (χ4n) is 2.56. The SMILES string of the molecule is CCCc1nc(S[C@@H](CC)C(=O)OCC)c2c(=O)n(C)c(=O)n(C)c2n1. The van der Waals surface area contributed by atoms with E-state index in [9.17, 15) is 14.4 Å². The summed E-state index contributed by atoms with van der Waals surface area (Å²) in [4.78, 5) is 46.0. The van der Waals surface area contributed by atoms with Gasteiger partial charge in [0, 0.05) is 20.5 Å². The molecule has 0 aliphatic heterocycles. The highest BCUT2D eigenvalue weighted by Gasteiger charge is 2.24. The van der Waals surface area contributed by atoms with Gasteiger partial charge in [-0.3, -0.25) is 18.7 Å². The molecule has 2 aromatic heterocycles. The van der Waals surface area contributed by atoms with E-state index in [1.807, 2.05) is 13.8 Å². The first-order valence-corrected chi connectivity index (χ1v) is 9.53. The molecule has 0 aliphatic carbocycles. The Labute approximate surface area is 155 Å². The van der Waals surface area contributed by atoms with Gasteiger partial charge in [0.25, 0.3) is 5.56 Å². The van der Waals surface area contributed by atoms with Gasteiger partial charge in [-0.2, -0.15) is 0 Å². The van der Waals surface area contributed by atoms with Crippen molar-refractivity contribution in [3.63, 3.8) is 0 Å². The van der Waals surface area contributed by atoms with Gasteiger partial charge in [-0.05, 0) is 19.8 Å². The van der Waals surface area contributed by atoms with Gasteiger partial charge < -0.3 is 4.74 Å². The molecule has 2 heterocycles. The van der Waals surface area contributed by atoms with Crippen LogP contribution in [0.3, 0.4) is 0 Å². The average Bonchev–Trinajstić information content (AvgIpc) is 2.62. The number of fused-ring (bicyclic) bond motifs is 1. The van der Waals surface area contributed by atoms with Crippen LogP contribution >= 0.6 is 11.8 Å². The van der Waals surface area contributed by atoms with Crippen LogP contribution in [0.1, 0.15) is 39.4 Å². The number of rotatable bonds is 7. The molecule has 2 aromatic rings. The largest absolute Gasteiger partial charge is 0.465 e. The Hall–Kier alpha value is -2.16. The molecule has 142 valence electrons. The van der Waals surface area contributed by atoms with Gasteiger partial charge in [0.2, 0.25) is 0 Å². The van der Waals surface area contributed by atoms with Crippen LogP contribution in [0.15, 0.2) is 14.6 Å². The maximum absolute atomic E-state index is 12.7. The van der Waals surface area contributed by atoms with Gasteiger partial charge in [0.1, 0.15) is 21.5 Å². The molecule has 0 saturated carbocycles. The van der Waals surface area contributed by atoms with Gasteiger partial charge in [-0.15, -0.1) is 0 Å². The van der Waals surface area contributed by atoms with E-state index in [0.717, 1.165) is 11.0 Å². The molecular formula is C17H24N4O4S. The van der Waals surface area contributed by atoms with Crippen molar-refractivity contribution >= 4 is 28.8 Å². The van der Waals surface area contributed by atoms with Gasteiger partial charge in [-0.25, -0.2) is 14.8 Å². The number of nitrogens with zero attached hydrogens (tertiary/aromatic N) is 4. The van der Waals surface area contributed by atoms with Crippen LogP contribution in [0.25, 0.3) is 11.0 Å². The van der Waals surface area contributed by atoms with Crippen molar-refractivity contribution in [1.29, 1.82) is 0 Å². The first kappa shape index (κ1) is 20.2. The van der Waals surface area contributed by atoms with E-state index < -0.39 is 16.5 Å². The van der Waals surface area contributed by atoms with Crippen LogP contribution in [0.4, 0.5) is 0 Å². The molecule has 0 saturated heterocycles. The Morgan fingerprint density at radius 2 is 1.85 bits per heavy atom. The third-order valence-electron chi connectivity index (χ3n) is 3.96. The molecule has 0 bridgehead atoms. The highest BCUT2D eigenvalue weighted by atomic mass is 32.2. The highest BCUT2D eigenvalue weighted by molar-refractivity contribution is 8.00. The van der Waals surface area contributed by atoms with Crippen molar-refractivity contribution in [2.75, 3.05) is 6.61 Å². The number of hydrogen-bond donors (Lipinski definition) is 0. The highest BCUT2D eigenvalue weighted by Crippen LogP contribution is 2.29. The number of thioether (sulfide) groups is 1. The maximum Gasteiger partial charge on any atom is 0.332 e. The molecular weight excluding hydrogens is 356 g/mol. The summed E-state index contributed by atoms with van der Waals surface area (Å²) >= 11 is 1.19. The number of esters is 1. The number of ether oxygens (including phenoxy) is 1. The molecule has 9 heteroatoms. The molecule has 0 fully saturated rings. The normalized spacial score (nSPS) is 12.3. The Balaban J connectivity index is 2.72. The lowest BCUT2D eigenvalue weighted by atomic mass is 10.3. The van der Waals surface area contributed by atoms with E-state index in [-0.39, 0.29) is 23.6 Å². The number of carbonyl (C=O) groups excluding carboxylic acids is 1. The molecule has 0 spiro atoms. The summed E-state index contributed by atoms with van der Waals surface area (Å²) < 4.78 is 7.48. The molecule has 0 aliphatic rings. The summed E-state index contributed by atoms with van der Waals surface area (Å²) in [6.07, 6.45) is 1.97. The molecule has 0 unspecified atom stereocenters. The second kappa shape index (κ2) is 8.48. The molecule has 0 N–H and O–H groups in total. The first-order valence-electron chi connectivity index (χ1n) is 8.65. The first-order chi connectivity index (χ1) is 12.3.